The predicted molar refractivity (Wildman–Crippen MR) is 124 cm³/mol. The number of H-pyrrole nitrogens is 1. The molecule has 2 aromatic heterocycles. The smallest absolute Gasteiger partial charge is 0.356 e. The molecule has 170 valence electrons. The van der Waals surface area contributed by atoms with E-state index >= 15 is 0 Å². The second kappa shape index (κ2) is 10.0. The van der Waals surface area contributed by atoms with Gasteiger partial charge in [0.05, 0.1) is 12.3 Å². The molecule has 0 unspecified atom stereocenters. The van der Waals surface area contributed by atoms with E-state index in [0.29, 0.717) is 30.2 Å². The molecule has 7 heteroatoms. The van der Waals surface area contributed by atoms with Crippen molar-refractivity contribution in [1.82, 2.24) is 14.6 Å². The SMILES string of the molecule is CCCCOc1ccc(-c2[nH]c3cc(C(=O)O)nn3c(=O)c2CCC2CCCCC2)cc1. The Hall–Kier alpha value is -3.09. The number of aromatic amines is 1. The normalized spacial score (nSPS) is 14.7. The molecule has 0 atom stereocenters. The average Bonchev–Trinajstić information content (AvgIpc) is 3.25. The fourth-order valence-corrected chi connectivity index (χ4v) is 4.52. The molecule has 4 rings (SSSR count). The van der Waals surface area contributed by atoms with E-state index < -0.39 is 5.97 Å². The lowest BCUT2D eigenvalue weighted by Crippen LogP contribution is -2.22. The standard InChI is InChI=1S/C25H31N3O4/c1-2-3-15-32-19-12-10-18(11-13-19)23-20(14-9-17-7-5-4-6-8-17)24(29)28-22(26-23)16-21(27-28)25(30)31/h10-13,16-17,26H,2-9,14-15H2,1H3,(H,30,31). The third-order valence-electron chi connectivity index (χ3n) is 6.37. The van der Waals surface area contributed by atoms with Crippen molar-refractivity contribution in [1.29, 1.82) is 0 Å². The van der Waals surface area contributed by atoms with Crippen molar-refractivity contribution in [3.8, 4) is 17.0 Å². The lowest BCUT2D eigenvalue weighted by atomic mass is 9.85. The molecule has 2 heterocycles. The molecule has 0 aliphatic heterocycles. The van der Waals surface area contributed by atoms with E-state index in [1.165, 1.54) is 42.7 Å². The lowest BCUT2D eigenvalue weighted by molar-refractivity contribution is 0.0690. The number of fused-ring (bicyclic) bond motifs is 1. The summed E-state index contributed by atoms with van der Waals surface area (Å²) in [5, 5.41) is 13.3. The first-order valence-corrected chi connectivity index (χ1v) is 11.7. The number of hydrogen-bond donors (Lipinski definition) is 2. The Bertz CT molecular complexity index is 1120. The highest BCUT2D eigenvalue weighted by atomic mass is 16.5. The zero-order chi connectivity index (χ0) is 22.5. The topological polar surface area (TPSA) is 96.7 Å². The molecule has 7 nitrogen and oxygen atoms in total. The second-order valence-electron chi connectivity index (χ2n) is 8.68. The van der Waals surface area contributed by atoms with Crippen LogP contribution < -0.4 is 10.3 Å². The molecule has 32 heavy (non-hydrogen) atoms. The number of carboxylic acids is 1. The number of carboxylic acid groups (broad SMARTS) is 1. The molecule has 0 bridgehead atoms. The Morgan fingerprint density at radius 3 is 2.66 bits per heavy atom. The zero-order valence-electron chi connectivity index (χ0n) is 18.6. The van der Waals surface area contributed by atoms with Gasteiger partial charge in [-0.2, -0.15) is 9.61 Å². The lowest BCUT2D eigenvalue weighted by Gasteiger charge is -2.21. The van der Waals surface area contributed by atoms with Crippen LogP contribution in [0.15, 0.2) is 35.1 Å². The van der Waals surface area contributed by atoms with Crippen LogP contribution in [0.25, 0.3) is 16.9 Å². The van der Waals surface area contributed by atoms with Crippen molar-refractivity contribution in [3.63, 3.8) is 0 Å². The van der Waals surface area contributed by atoms with Crippen LogP contribution >= 0.6 is 0 Å². The first-order valence-electron chi connectivity index (χ1n) is 11.7. The number of unbranched alkanes of at least 4 members (excludes halogenated alkanes) is 1. The number of benzene rings is 1. The van der Waals surface area contributed by atoms with Gasteiger partial charge < -0.3 is 14.8 Å². The van der Waals surface area contributed by atoms with E-state index in [1.807, 2.05) is 24.3 Å². The Morgan fingerprint density at radius 1 is 1.22 bits per heavy atom. The fourth-order valence-electron chi connectivity index (χ4n) is 4.52. The molecule has 3 aromatic rings. The van der Waals surface area contributed by atoms with E-state index in [9.17, 15) is 14.7 Å². The van der Waals surface area contributed by atoms with Crippen LogP contribution in [0.4, 0.5) is 0 Å². The maximum absolute atomic E-state index is 13.3. The minimum absolute atomic E-state index is 0.145. The van der Waals surface area contributed by atoms with E-state index in [1.54, 1.807) is 0 Å². The minimum Gasteiger partial charge on any atom is -0.494 e. The van der Waals surface area contributed by atoms with E-state index in [0.717, 1.165) is 36.3 Å². The van der Waals surface area contributed by atoms with Gasteiger partial charge in [-0.3, -0.25) is 4.79 Å². The number of carbonyl (C=O) groups is 1. The minimum atomic E-state index is -1.15. The average molecular weight is 438 g/mol. The molecule has 1 fully saturated rings. The van der Waals surface area contributed by atoms with Gasteiger partial charge in [-0.1, -0.05) is 45.4 Å². The molecule has 0 radical (unpaired) electrons. The summed E-state index contributed by atoms with van der Waals surface area (Å²) in [5.74, 6) is 0.278. The molecule has 1 aliphatic rings. The quantitative estimate of drug-likeness (QED) is 0.455. The van der Waals surface area contributed by atoms with Gasteiger partial charge in [-0.25, -0.2) is 4.79 Å². The number of aromatic carboxylic acids is 1. The van der Waals surface area contributed by atoms with Crippen LogP contribution in [0, 0.1) is 5.92 Å². The summed E-state index contributed by atoms with van der Waals surface area (Å²) < 4.78 is 6.95. The number of nitrogens with one attached hydrogen (secondary N) is 1. The van der Waals surface area contributed by atoms with Gasteiger partial charge in [0.15, 0.2) is 5.69 Å². The molecule has 1 aromatic carbocycles. The van der Waals surface area contributed by atoms with Crippen LogP contribution in [0.3, 0.4) is 0 Å². The van der Waals surface area contributed by atoms with E-state index in [-0.39, 0.29) is 11.3 Å². The summed E-state index contributed by atoms with van der Waals surface area (Å²) >= 11 is 0. The highest BCUT2D eigenvalue weighted by Gasteiger charge is 2.20. The molecule has 1 aliphatic carbocycles. The molecule has 1 saturated carbocycles. The van der Waals surface area contributed by atoms with Crippen LogP contribution in [-0.2, 0) is 6.42 Å². The third-order valence-corrected chi connectivity index (χ3v) is 6.37. The molecule has 0 saturated heterocycles. The number of aromatic nitrogens is 3. The number of rotatable bonds is 9. The maximum atomic E-state index is 13.3. The maximum Gasteiger partial charge on any atom is 0.356 e. The third kappa shape index (κ3) is 4.87. The monoisotopic (exact) mass is 437 g/mol. The van der Waals surface area contributed by atoms with Gasteiger partial charge in [0, 0.05) is 11.6 Å². The van der Waals surface area contributed by atoms with Gasteiger partial charge in [0.1, 0.15) is 11.4 Å². The largest absolute Gasteiger partial charge is 0.494 e. The van der Waals surface area contributed by atoms with Crippen molar-refractivity contribution in [2.24, 2.45) is 5.92 Å². The van der Waals surface area contributed by atoms with Crippen LogP contribution in [-0.4, -0.2) is 32.3 Å². The van der Waals surface area contributed by atoms with Crippen molar-refractivity contribution in [2.45, 2.75) is 64.7 Å². The Kier molecular flexibility index (Phi) is 6.93. The van der Waals surface area contributed by atoms with Crippen LogP contribution in [0.1, 0.15) is 74.3 Å². The summed E-state index contributed by atoms with van der Waals surface area (Å²) in [5.41, 5.74) is 2.25. The summed E-state index contributed by atoms with van der Waals surface area (Å²) in [6.45, 7) is 2.80. The van der Waals surface area contributed by atoms with Gasteiger partial charge in [0.2, 0.25) is 0 Å². The van der Waals surface area contributed by atoms with Crippen LogP contribution in [0.2, 0.25) is 0 Å². The van der Waals surface area contributed by atoms with Crippen molar-refractivity contribution < 1.29 is 14.6 Å². The molecule has 0 spiro atoms. The predicted octanol–water partition coefficient (Wildman–Crippen LogP) is 5.08. The zero-order valence-corrected chi connectivity index (χ0v) is 18.6. The summed E-state index contributed by atoms with van der Waals surface area (Å²) in [6, 6.07) is 9.12. The summed E-state index contributed by atoms with van der Waals surface area (Å²) in [4.78, 5) is 28.0. The van der Waals surface area contributed by atoms with Crippen molar-refractivity contribution in [3.05, 3.63) is 51.9 Å². The van der Waals surface area contributed by atoms with Gasteiger partial charge in [-0.05, 0) is 55.0 Å². The summed E-state index contributed by atoms with van der Waals surface area (Å²) in [6.07, 6.45) is 9.91. The molecule has 2 N–H and O–H groups in total. The fraction of sp³-hybridized carbons (Fsp3) is 0.480. The number of hydrogen-bond acceptors (Lipinski definition) is 4. The highest BCUT2D eigenvalue weighted by molar-refractivity contribution is 5.86. The van der Waals surface area contributed by atoms with Crippen molar-refractivity contribution >= 4 is 11.6 Å². The van der Waals surface area contributed by atoms with Gasteiger partial charge in [0.25, 0.3) is 5.56 Å². The molecular formula is C25H31N3O4. The summed E-state index contributed by atoms with van der Waals surface area (Å²) in [7, 11) is 0. The number of nitrogens with zero attached hydrogens (tertiary/aromatic N) is 2. The van der Waals surface area contributed by atoms with Gasteiger partial charge in [-0.15, -0.1) is 0 Å². The van der Waals surface area contributed by atoms with Crippen LogP contribution in [0.5, 0.6) is 5.75 Å². The first kappa shape index (κ1) is 22.1. The Morgan fingerprint density at radius 2 is 1.97 bits per heavy atom. The Balaban J connectivity index is 1.69. The molecule has 0 amide bonds. The number of ether oxygens (including phenoxy) is 1. The Labute approximate surface area is 187 Å². The van der Waals surface area contributed by atoms with Crippen molar-refractivity contribution in [2.75, 3.05) is 6.61 Å². The molecular weight excluding hydrogens is 406 g/mol. The van der Waals surface area contributed by atoms with E-state index in [2.05, 4.69) is 17.0 Å². The first-order chi connectivity index (χ1) is 15.6. The van der Waals surface area contributed by atoms with E-state index in [4.69, 9.17) is 4.74 Å². The van der Waals surface area contributed by atoms with Gasteiger partial charge >= 0.3 is 5.97 Å². The second-order valence-corrected chi connectivity index (χ2v) is 8.68. The highest BCUT2D eigenvalue weighted by Crippen LogP contribution is 2.29.